The number of amides is 1. The number of aromatic nitrogens is 4. The first-order chi connectivity index (χ1) is 13.7. The normalized spacial score (nSPS) is 15.8. The van der Waals surface area contributed by atoms with E-state index in [4.69, 9.17) is 10.6 Å². The van der Waals surface area contributed by atoms with E-state index in [-0.39, 0.29) is 12.0 Å². The third-order valence-electron chi connectivity index (χ3n) is 4.54. The summed E-state index contributed by atoms with van der Waals surface area (Å²) in [6, 6.07) is 12.7. The fourth-order valence-electron chi connectivity index (χ4n) is 3.15. The van der Waals surface area contributed by atoms with Crippen LogP contribution in [0.5, 0.6) is 5.75 Å². The van der Waals surface area contributed by atoms with Crippen LogP contribution in [-0.4, -0.2) is 38.8 Å². The second-order valence-electron chi connectivity index (χ2n) is 6.49. The van der Waals surface area contributed by atoms with Crippen LogP contribution in [0.15, 0.2) is 47.6 Å². The number of ether oxygens (including phenoxy) is 1. The van der Waals surface area contributed by atoms with Gasteiger partial charge in [-0.1, -0.05) is 17.3 Å². The van der Waals surface area contributed by atoms with Crippen LogP contribution in [0.2, 0.25) is 0 Å². The van der Waals surface area contributed by atoms with E-state index in [0.717, 1.165) is 35.4 Å². The molecule has 1 aromatic heterocycles. The Balaban J connectivity index is 1.41. The molecule has 2 aromatic carbocycles. The summed E-state index contributed by atoms with van der Waals surface area (Å²) in [6.07, 6.45) is 3.86. The van der Waals surface area contributed by atoms with Crippen molar-refractivity contribution in [3.05, 3.63) is 65.0 Å². The number of nitrogens with one attached hydrogen (secondary N) is 2. The summed E-state index contributed by atoms with van der Waals surface area (Å²) in [6.45, 7) is 0. The van der Waals surface area contributed by atoms with E-state index in [1.165, 1.54) is 6.21 Å². The number of carbonyl (C=O) groups excluding carboxylic acids is 1. The van der Waals surface area contributed by atoms with Gasteiger partial charge in [0.05, 0.1) is 6.21 Å². The van der Waals surface area contributed by atoms with Gasteiger partial charge in [-0.15, -0.1) is 10.2 Å². The first kappa shape index (κ1) is 17.7. The van der Waals surface area contributed by atoms with Gasteiger partial charge in [0, 0.05) is 17.7 Å². The highest BCUT2D eigenvalue weighted by Crippen LogP contribution is 2.31. The minimum absolute atomic E-state index is 0.0149. The van der Waals surface area contributed by atoms with Gasteiger partial charge < -0.3 is 15.9 Å². The Morgan fingerprint density at radius 1 is 1.32 bits per heavy atom. The van der Waals surface area contributed by atoms with Crippen LogP contribution in [0.1, 0.15) is 33.7 Å². The molecule has 4 rings (SSSR count). The smallest absolute Gasteiger partial charge is 0.255 e. The molecule has 28 heavy (non-hydrogen) atoms. The molecule has 1 aliphatic rings. The number of benzene rings is 2. The maximum Gasteiger partial charge on any atom is 0.255 e. The van der Waals surface area contributed by atoms with Crippen LogP contribution in [-0.2, 0) is 12.8 Å². The van der Waals surface area contributed by atoms with Crippen LogP contribution < -0.4 is 15.9 Å². The zero-order valence-electron chi connectivity index (χ0n) is 15.0. The third kappa shape index (κ3) is 3.98. The number of aryl methyl sites for hydroxylation is 1. The van der Waals surface area contributed by atoms with Crippen molar-refractivity contribution < 1.29 is 9.53 Å². The average Bonchev–Trinajstić information content (AvgIpc) is 3.22. The Hall–Kier alpha value is -3.75. The fourth-order valence-corrected chi connectivity index (χ4v) is 3.15. The van der Waals surface area contributed by atoms with Crippen molar-refractivity contribution in [1.82, 2.24) is 20.6 Å². The first-order valence-electron chi connectivity index (χ1n) is 8.88. The Morgan fingerprint density at radius 2 is 2.18 bits per heavy atom. The average molecular weight is 377 g/mol. The van der Waals surface area contributed by atoms with Crippen molar-refractivity contribution in [2.24, 2.45) is 10.9 Å². The highest BCUT2D eigenvalue weighted by atomic mass is 16.5. The van der Waals surface area contributed by atoms with Gasteiger partial charge >= 0.3 is 0 Å². The van der Waals surface area contributed by atoms with E-state index < -0.39 is 0 Å². The molecule has 1 amide bonds. The lowest BCUT2D eigenvalue weighted by Crippen LogP contribution is -2.25. The van der Waals surface area contributed by atoms with Crippen molar-refractivity contribution >= 4 is 17.8 Å². The summed E-state index contributed by atoms with van der Waals surface area (Å²) >= 11 is 0. The fraction of sp³-hybridized carbons (Fsp3) is 0.211. The zero-order valence-corrected chi connectivity index (χ0v) is 15.0. The molecule has 1 atom stereocenters. The van der Waals surface area contributed by atoms with Crippen molar-refractivity contribution in [1.29, 1.82) is 0 Å². The molecule has 0 aliphatic carbocycles. The van der Waals surface area contributed by atoms with E-state index in [9.17, 15) is 4.79 Å². The van der Waals surface area contributed by atoms with E-state index in [2.05, 4.69) is 31.0 Å². The predicted molar refractivity (Wildman–Crippen MR) is 103 cm³/mol. The number of aromatic amines is 1. The van der Waals surface area contributed by atoms with Gasteiger partial charge in [0.15, 0.2) is 5.82 Å². The minimum atomic E-state index is -0.178. The first-order valence-corrected chi connectivity index (χ1v) is 8.88. The molecule has 3 aromatic rings. The van der Waals surface area contributed by atoms with Crippen LogP contribution in [0, 0.1) is 0 Å². The van der Waals surface area contributed by atoms with E-state index >= 15 is 0 Å². The lowest BCUT2D eigenvalue weighted by Gasteiger charge is -2.25. The van der Waals surface area contributed by atoms with Crippen molar-refractivity contribution in [2.75, 3.05) is 5.32 Å². The molecule has 1 unspecified atom stereocenters. The number of hydrazone groups is 1. The summed E-state index contributed by atoms with van der Waals surface area (Å²) in [7, 11) is 0. The van der Waals surface area contributed by atoms with Crippen molar-refractivity contribution in [2.45, 2.75) is 25.4 Å². The van der Waals surface area contributed by atoms with Crippen LogP contribution in [0.3, 0.4) is 0 Å². The second-order valence-corrected chi connectivity index (χ2v) is 6.49. The van der Waals surface area contributed by atoms with Gasteiger partial charge in [-0.2, -0.15) is 10.3 Å². The summed E-state index contributed by atoms with van der Waals surface area (Å²) in [5, 5.41) is 20.3. The van der Waals surface area contributed by atoms with Gasteiger partial charge in [-0.3, -0.25) is 4.79 Å². The molecule has 0 bridgehead atoms. The maximum atomic E-state index is 12.5. The van der Waals surface area contributed by atoms with Crippen molar-refractivity contribution in [3.63, 3.8) is 0 Å². The Morgan fingerprint density at radius 3 is 2.93 bits per heavy atom. The Bertz CT molecular complexity index is 984. The summed E-state index contributed by atoms with van der Waals surface area (Å²) in [5.41, 5.74) is 3.19. The largest absolute Gasteiger partial charge is 0.490 e. The van der Waals surface area contributed by atoms with E-state index in [1.807, 2.05) is 18.2 Å². The number of carbonyl (C=O) groups is 1. The molecule has 0 radical (unpaired) electrons. The molecule has 1 aliphatic heterocycles. The van der Waals surface area contributed by atoms with Crippen molar-refractivity contribution in [3.8, 4) is 5.75 Å². The SMILES string of the molecule is NN=Cc1ccc(C(=O)Nc2ccc3c(c2)CCC(Cc2nn[nH]n2)O3)cc1. The van der Waals surface area contributed by atoms with Gasteiger partial charge in [-0.05, 0) is 54.3 Å². The summed E-state index contributed by atoms with van der Waals surface area (Å²) in [5.74, 6) is 6.41. The molecular formula is C19H19N7O2. The van der Waals surface area contributed by atoms with Crippen LogP contribution >= 0.6 is 0 Å². The Labute approximate surface area is 161 Å². The number of nitrogens with zero attached hydrogens (tertiary/aromatic N) is 4. The third-order valence-corrected chi connectivity index (χ3v) is 4.54. The number of rotatable bonds is 5. The summed E-state index contributed by atoms with van der Waals surface area (Å²) in [4.78, 5) is 12.5. The lowest BCUT2D eigenvalue weighted by atomic mass is 9.99. The van der Waals surface area contributed by atoms with Crippen LogP contribution in [0.4, 0.5) is 5.69 Å². The lowest BCUT2D eigenvalue weighted by molar-refractivity contribution is 0.102. The highest BCUT2D eigenvalue weighted by molar-refractivity contribution is 6.04. The quantitative estimate of drug-likeness (QED) is 0.352. The number of tetrazole rings is 1. The van der Waals surface area contributed by atoms with Gasteiger partial charge in [0.1, 0.15) is 11.9 Å². The zero-order chi connectivity index (χ0) is 19.3. The number of fused-ring (bicyclic) bond motifs is 1. The van der Waals surface area contributed by atoms with Gasteiger partial charge in [0.2, 0.25) is 0 Å². The van der Waals surface area contributed by atoms with E-state index in [0.29, 0.717) is 17.8 Å². The molecule has 9 heteroatoms. The monoisotopic (exact) mass is 377 g/mol. The molecule has 0 saturated heterocycles. The number of hydrogen-bond acceptors (Lipinski definition) is 7. The van der Waals surface area contributed by atoms with Crippen LogP contribution in [0.25, 0.3) is 0 Å². The van der Waals surface area contributed by atoms with E-state index in [1.54, 1.807) is 24.3 Å². The molecule has 0 fully saturated rings. The molecule has 0 spiro atoms. The van der Waals surface area contributed by atoms with Gasteiger partial charge in [0.25, 0.3) is 5.91 Å². The maximum absolute atomic E-state index is 12.5. The molecule has 0 saturated carbocycles. The van der Waals surface area contributed by atoms with Gasteiger partial charge in [-0.25, -0.2) is 0 Å². The minimum Gasteiger partial charge on any atom is -0.490 e. The topological polar surface area (TPSA) is 131 Å². The number of H-pyrrole nitrogens is 1. The molecular weight excluding hydrogens is 358 g/mol. The predicted octanol–water partition coefficient (Wildman–Crippen LogP) is 1.68. The molecule has 4 N–H and O–H groups in total. The number of hydrogen-bond donors (Lipinski definition) is 3. The summed E-state index contributed by atoms with van der Waals surface area (Å²) < 4.78 is 6.03. The second kappa shape index (κ2) is 7.87. The molecule has 9 nitrogen and oxygen atoms in total. The Kier molecular flexibility index (Phi) is 4.96. The highest BCUT2D eigenvalue weighted by Gasteiger charge is 2.22. The molecule has 2 heterocycles. The number of anilines is 1. The number of nitrogens with two attached hydrogens (primary N) is 1. The standard InChI is InChI=1S/C19H19N7O2/c20-21-11-12-1-3-13(4-2-12)19(27)22-15-6-8-17-14(9-15)5-7-16(28-17)10-18-23-25-26-24-18/h1-4,6,8-9,11,16H,5,7,10,20H2,(H,22,27)(H,23,24,25,26). The molecule has 142 valence electrons.